The van der Waals surface area contributed by atoms with Crippen molar-refractivity contribution in [3.8, 4) is 0 Å². The molecule has 1 aliphatic heterocycles. The molecule has 0 saturated carbocycles. The summed E-state index contributed by atoms with van der Waals surface area (Å²) in [6.07, 6.45) is 2.24. The number of nitrogens with one attached hydrogen (secondary N) is 3. The molecular formula is C15H24N3O2S+. The van der Waals surface area contributed by atoms with Crippen LogP contribution >= 0.6 is 11.3 Å². The van der Waals surface area contributed by atoms with Crippen LogP contribution in [0.25, 0.3) is 0 Å². The molecule has 0 aliphatic carbocycles. The normalized spacial score (nSPS) is 21.5. The first-order valence-electron chi connectivity index (χ1n) is 7.52. The van der Waals surface area contributed by atoms with Crippen molar-refractivity contribution in [3.05, 3.63) is 22.4 Å². The predicted molar refractivity (Wildman–Crippen MR) is 83.4 cm³/mol. The Labute approximate surface area is 129 Å². The molecule has 1 saturated heterocycles. The maximum Gasteiger partial charge on any atom is 0.321 e. The fraction of sp³-hybridized carbons (Fsp3) is 0.600. The molecule has 0 aromatic carbocycles. The topological polar surface area (TPSA) is 62.6 Å². The lowest BCUT2D eigenvalue weighted by atomic mass is 10.2. The van der Waals surface area contributed by atoms with Gasteiger partial charge >= 0.3 is 6.03 Å². The molecule has 5 nitrogen and oxygen atoms in total. The third-order valence-electron chi connectivity index (χ3n) is 3.68. The summed E-state index contributed by atoms with van der Waals surface area (Å²) >= 11 is 1.74. The minimum Gasteiger partial charge on any atom is -0.338 e. The van der Waals surface area contributed by atoms with E-state index in [4.69, 9.17) is 0 Å². The highest BCUT2D eigenvalue weighted by Gasteiger charge is 2.32. The Balaban J connectivity index is 1.80. The fourth-order valence-corrected chi connectivity index (χ4v) is 3.59. The van der Waals surface area contributed by atoms with Crippen LogP contribution in [0.5, 0.6) is 0 Å². The van der Waals surface area contributed by atoms with Crippen LogP contribution in [0.4, 0.5) is 4.79 Å². The van der Waals surface area contributed by atoms with E-state index in [9.17, 15) is 9.59 Å². The van der Waals surface area contributed by atoms with E-state index >= 15 is 0 Å². The van der Waals surface area contributed by atoms with E-state index in [1.165, 1.54) is 9.78 Å². The lowest BCUT2D eigenvalue weighted by molar-refractivity contribution is -0.910. The van der Waals surface area contributed by atoms with Crippen LogP contribution in [-0.2, 0) is 4.79 Å². The molecule has 6 heteroatoms. The summed E-state index contributed by atoms with van der Waals surface area (Å²) in [6.45, 7) is 5.96. The van der Waals surface area contributed by atoms with Gasteiger partial charge in [0.15, 0.2) is 6.54 Å². The molecule has 2 atom stereocenters. The Morgan fingerprint density at radius 2 is 2.29 bits per heavy atom. The molecule has 2 heterocycles. The highest BCUT2D eigenvalue weighted by molar-refractivity contribution is 7.10. The van der Waals surface area contributed by atoms with Crippen LogP contribution in [0.15, 0.2) is 17.5 Å². The number of urea groups is 1. The number of quaternary nitrogens is 1. The number of imide groups is 1. The number of carbonyl (C=O) groups excluding carboxylic acids is 2. The van der Waals surface area contributed by atoms with Crippen molar-refractivity contribution in [3.63, 3.8) is 0 Å². The Hall–Kier alpha value is -1.40. The minimum absolute atomic E-state index is 0.199. The predicted octanol–water partition coefficient (Wildman–Crippen LogP) is 0.950. The van der Waals surface area contributed by atoms with Crippen molar-refractivity contribution in [2.24, 2.45) is 5.92 Å². The smallest absolute Gasteiger partial charge is 0.321 e. The van der Waals surface area contributed by atoms with Gasteiger partial charge in [-0.1, -0.05) is 19.9 Å². The number of amides is 3. The number of rotatable bonds is 5. The van der Waals surface area contributed by atoms with Gasteiger partial charge in [0.05, 0.1) is 11.4 Å². The third kappa shape index (κ3) is 4.82. The van der Waals surface area contributed by atoms with Gasteiger partial charge in [-0.3, -0.25) is 10.1 Å². The van der Waals surface area contributed by atoms with Crippen LogP contribution in [0.2, 0.25) is 0 Å². The molecule has 2 rings (SSSR count). The van der Waals surface area contributed by atoms with E-state index < -0.39 is 0 Å². The van der Waals surface area contributed by atoms with Crippen LogP contribution in [0.3, 0.4) is 0 Å². The Bertz CT molecular complexity index is 473. The first kappa shape index (κ1) is 16.0. The van der Waals surface area contributed by atoms with Gasteiger partial charge in [0.25, 0.3) is 5.91 Å². The van der Waals surface area contributed by atoms with Crippen LogP contribution in [0, 0.1) is 5.92 Å². The highest BCUT2D eigenvalue weighted by Crippen LogP contribution is 2.23. The average molecular weight is 310 g/mol. The van der Waals surface area contributed by atoms with Crippen molar-refractivity contribution in [1.29, 1.82) is 0 Å². The van der Waals surface area contributed by atoms with Gasteiger partial charge in [0.1, 0.15) is 6.04 Å². The molecular weight excluding hydrogens is 286 g/mol. The molecule has 1 aliphatic rings. The second-order valence-corrected chi connectivity index (χ2v) is 6.93. The summed E-state index contributed by atoms with van der Waals surface area (Å²) in [5.41, 5.74) is 0. The summed E-state index contributed by atoms with van der Waals surface area (Å²) < 4.78 is 0. The van der Waals surface area contributed by atoms with E-state index in [-0.39, 0.29) is 11.9 Å². The molecule has 21 heavy (non-hydrogen) atoms. The zero-order valence-electron chi connectivity index (χ0n) is 12.6. The third-order valence-corrected chi connectivity index (χ3v) is 4.67. The summed E-state index contributed by atoms with van der Waals surface area (Å²) in [4.78, 5) is 26.2. The highest BCUT2D eigenvalue weighted by atomic mass is 32.1. The van der Waals surface area contributed by atoms with Crippen molar-refractivity contribution >= 4 is 23.3 Å². The number of carbonyl (C=O) groups is 2. The molecule has 3 N–H and O–H groups in total. The van der Waals surface area contributed by atoms with E-state index in [1.807, 2.05) is 13.8 Å². The summed E-state index contributed by atoms with van der Waals surface area (Å²) in [6, 6.07) is 4.19. The standard InChI is InChI=1S/C15H23N3O2S/c1-11(2)9-16-15(20)17-14(19)10-18-7-3-5-12(18)13-6-4-8-21-13/h4,6,8,11-12H,3,5,7,9-10H2,1-2H3,(H2,16,17,19,20)/p+1/t12-/m0/s1. The lowest BCUT2D eigenvalue weighted by Gasteiger charge is -2.19. The maximum absolute atomic E-state index is 12.0. The molecule has 1 aromatic rings. The second-order valence-electron chi connectivity index (χ2n) is 5.95. The van der Waals surface area contributed by atoms with Crippen molar-refractivity contribution in [2.45, 2.75) is 32.7 Å². The van der Waals surface area contributed by atoms with Crippen LogP contribution in [0.1, 0.15) is 37.6 Å². The van der Waals surface area contributed by atoms with Gasteiger partial charge in [-0.2, -0.15) is 0 Å². The molecule has 3 amide bonds. The van der Waals surface area contributed by atoms with Gasteiger partial charge in [-0.15, -0.1) is 11.3 Å². The quantitative estimate of drug-likeness (QED) is 0.758. The second kappa shape index (κ2) is 7.56. The molecule has 1 fully saturated rings. The van der Waals surface area contributed by atoms with Crippen molar-refractivity contribution < 1.29 is 14.5 Å². The molecule has 0 spiro atoms. The monoisotopic (exact) mass is 310 g/mol. The molecule has 116 valence electrons. The van der Waals surface area contributed by atoms with Crippen LogP contribution < -0.4 is 15.5 Å². The zero-order valence-corrected chi connectivity index (χ0v) is 13.5. The summed E-state index contributed by atoms with van der Waals surface area (Å²) in [5, 5.41) is 7.19. The molecule has 1 aromatic heterocycles. The van der Waals surface area contributed by atoms with E-state index in [0.29, 0.717) is 25.0 Å². The minimum atomic E-state index is -0.389. The van der Waals surface area contributed by atoms with E-state index in [2.05, 4.69) is 28.1 Å². The number of hydrogen-bond acceptors (Lipinski definition) is 3. The van der Waals surface area contributed by atoms with Crippen molar-refractivity contribution in [2.75, 3.05) is 19.6 Å². The van der Waals surface area contributed by atoms with Crippen LogP contribution in [-0.4, -0.2) is 31.6 Å². The SMILES string of the molecule is CC(C)CNC(=O)NC(=O)C[NH+]1CCC[C@H]1c1cccs1. The molecule has 0 radical (unpaired) electrons. The lowest BCUT2D eigenvalue weighted by Crippen LogP contribution is -3.11. The first-order valence-corrected chi connectivity index (χ1v) is 8.40. The first-order chi connectivity index (χ1) is 10.1. The Morgan fingerprint density at radius 3 is 2.95 bits per heavy atom. The van der Waals surface area contributed by atoms with Gasteiger partial charge < -0.3 is 10.2 Å². The van der Waals surface area contributed by atoms with Gasteiger partial charge in [0.2, 0.25) is 0 Å². The van der Waals surface area contributed by atoms with E-state index in [1.54, 1.807) is 11.3 Å². The zero-order chi connectivity index (χ0) is 15.2. The summed E-state index contributed by atoms with van der Waals surface area (Å²) in [7, 11) is 0. The number of hydrogen-bond donors (Lipinski definition) is 3. The van der Waals surface area contributed by atoms with Gasteiger partial charge in [-0.05, 0) is 17.4 Å². The summed E-state index contributed by atoms with van der Waals surface area (Å²) in [5.74, 6) is 0.174. The van der Waals surface area contributed by atoms with Gasteiger partial charge in [0, 0.05) is 19.4 Å². The van der Waals surface area contributed by atoms with Gasteiger partial charge in [-0.25, -0.2) is 4.79 Å². The number of thiophene rings is 1. The van der Waals surface area contributed by atoms with Crippen molar-refractivity contribution in [1.82, 2.24) is 10.6 Å². The Morgan fingerprint density at radius 1 is 1.48 bits per heavy atom. The Kier molecular flexibility index (Phi) is 5.76. The maximum atomic E-state index is 12.0. The largest absolute Gasteiger partial charge is 0.338 e. The molecule has 0 bridgehead atoms. The van der Waals surface area contributed by atoms with E-state index in [0.717, 1.165) is 19.4 Å². The fourth-order valence-electron chi connectivity index (χ4n) is 2.67. The number of likely N-dealkylation sites (tertiary alicyclic amines) is 1. The average Bonchev–Trinajstić information content (AvgIpc) is 3.06. The molecule has 1 unspecified atom stereocenters.